The Kier molecular flexibility index (Phi) is 8.56. The van der Waals surface area contributed by atoms with Crippen LogP contribution in [-0.2, 0) is 9.47 Å². The molecule has 2 N–H and O–H groups in total. The van der Waals surface area contributed by atoms with Crippen LogP contribution in [0.1, 0.15) is 6.92 Å². The highest BCUT2D eigenvalue weighted by Gasteiger charge is 2.19. The van der Waals surface area contributed by atoms with Crippen molar-refractivity contribution in [3.63, 3.8) is 0 Å². The summed E-state index contributed by atoms with van der Waals surface area (Å²) in [6.45, 7) is 10.5. The van der Waals surface area contributed by atoms with E-state index in [1.165, 1.54) is 0 Å². The molecule has 17 heavy (non-hydrogen) atoms. The molecule has 0 bridgehead atoms. The summed E-state index contributed by atoms with van der Waals surface area (Å²) in [5.41, 5.74) is 0. The third-order valence-electron chi connectivity index (χ3n) is 2.89. The van der Waals surface area contributed by atoms with Gasteiger partial charge in [0.1, 0.15) is 0 Å². The molecule has 1 atom stereocenters. The van der Waals surface area contributed by atoms with Crippen LogP contribution in [0.5, 0.6) is 0 Å². The van der Waals surface area contributed by atoms with Crippen molar-refractivity contribution in [3.8, 4) is 0 Å². The summed E-state index contributed by atoms with van der Waals surface area (Å²) >= 11 is 0. The Morgan fingerprint density at radius 1 is 1.41 bits per heavy atom. The van der Waals surface area contributed by atoms with Crippen LogP contribution in [0.3, 0.4) is 0 Å². The number of nitrogens with zero attached hydrogens (tertiary/aromatic N) is 1. The van der Waals surface area contributed by atoms with Crippen molar-refractivity contribution >= 4 is 0 Å². The number of hydrogen-bond donors (Lipinski definition) is 2. The summed E-state index contributed by atoms with van der Waals surface area (Å²) in [7, 11) is 1.94. The fourth-order valence-electron chi connectivity index (χ4n) is 1.88. The van der Waals surface area contributed by atoms with E-state index >= 15 is 0 Å². The Morgan fingerprint density at radius 2 is 2.29 bits per heavy atom. The molecular formula is C12H27N3O2. The molecule has 5 nitrogen and oxygen atoms in total. The Hall–Kier alpha value is -0.200. The van der Waals surface area contributed by atoms with E-state index < -0.39 is 0 Å². The topological polar surface area (TPSA) is 45.8 Å². The van der Waals surface area contributed by atoms with Gasteiger partial charge in [0.25, 0.3) is 0 Å². The zero-order valence-corrected chi connectivity index (χ0v) is 11.2. The van der Waals surface area contributed by atoms with E-state index in [-0.39, 0.29) is 0 Å². The largest absolute Gasteiger partial charge is 0.379 e. The first-order valence-corrected chi connectivity index (χ1v) is 6.63. The van der Waals surface area contributed by atoms with Crippen LogP contribution in [0, 0.1) is 0 Å². The first-order valence-electron chi connectivity index (χ1n) is 6.63. The van der Waals surface area contributed by atoms with E-state index in [4.69, 9.17) is 9.47 Å². The molecule has 1 heterocycles. The second-order valence-corrected chi connectivity index (χ2v) is 4.32. The van der Waals surface area contributed by atoms with Gasteiger partial charge in [-0.15, -0.1) is 0 Å². The molecule has 0 aromatic rings. The lowest BCUT2D eigenvalue weighted by Gasteiger charge is -2.32. The molecule has 1 aliphatic rings. The molecule has 102 valence electrons. The van der Waals surface area contributed by atoms with Crippen LogP contribution in [0.25, 0.3) is 0 Å². The van der Waals surface area contributed by atoms with Crippen LogP contribution in [-0.4, -0.2) is 77.1 Å². The highest BCUT2D eigenvalue weighted by Crippen LogP contribution is 2.03. The SMILES string of the molecule is CCNCC1CN(CCOCCNC)CCO1. The van der Waals surface area contributed by atoms with Gasteiger partial charge in [0.05, 0.1) is 25.9 Å². The van der Waals surface area contributed by atoms with Crippen molar-refractivity contribution in [2.75, 3.05) is 66.1 Å². The van der Waals surface area contributed by atoms with Crippen LogP contribution < -0.4 is 10.6 Å². The summed E-state index contributed by atoms with van der Waals surface area (Å²) in [4.78, 5) is 2.42. The maximum atomic E-state index is 5.70. The standard InChI is InChI=1S/C12H27N3O2/c1-3-14-10-12-11-15(6-9-17-12)5-8-16-7-4-13-2/h12-14H,3-11H2,1-2H3. The van der Waals surface area contributed by atoms with E-state index in [0.29, 0.717) is 6.10 Å². The molecule has 0 aromatic heterocycles. The molecule has 5 heteroatoms. The van der Waals surface area contributed by atoms with Crippen molar-refractivity contribution in [2.45, 2.75) is 13.0 Å². The van der Waals surface area contributed by atoms with Crippen LogP contribution >= 0.6 is 0 Å². The van der Waals surface area contributed by atoms with Gasteiger partial charge in [0, 0.05) is 32.7 Å². The van der Waals surface area contributed by atoms with Gasteiger partial charge >= 0.3 is 0 Å². The van der Waals surface area contributed by atoms with Crippen molar-refractivity contribution in [3.05, 3.63) is 0 Å². The molecule has 0 amide bonds. The Morgan fingerprint density at radius 3 is 3.06 bits per heavy atom. The van der Waals surface area contributed by atoms with Gasteiger partial charge in [-0.25, -0.2) is 0 Å². The van der Waals surface area contributed by atoms with Gasteiger partial charge in [-0.3, -0.25) is 4.90 Å². The second kappa shape index (κ2) is 9.79. The number of rotatable bonds is 9. The summed E-state index contributed by atoms with van der Waals surface area (Å²) in [6.07, 6.45) is 0.334. The fourth-order valence-corrected chi connectivity index (χ4v) is 1.88. The summed E-state index contributed by atoms with van der Waals surface area (Å²) in [6, 6.07) is 0. The minimum atomic E-state index is 0.334. The summed E-state index contributed by atoms with van der Waals surface area (Å²) < 4.78 is 11.2. The maximum absolute atomic E-state index is 5.70. The first kappa shape index (κ1) is 14.9. The van der Waals surface area contributed by atoms with Gasteiger partial charge in [0.2, 0.25) is 0 Å². The molecule has 1 aliphatic heterocycles. The normalized spacial score (nSPS) is 21.9. The molecular weight excluding hydrogens is 218 g/mol. The highest BCUT2D eigenvalue weighted by molar-refractivity contribution is 4.72. The predicted octanol–water partition coefficient (Wildman–Crippen LogP) is -0.467. The van der Waals surface area contributed by atoms with Gasteiger partial charge in [-0.05, 0) is 13.6 Å². The van der Waals surface area contributed by atoms with E-state index in [1.807, 2.05) is 7.05 Å². The summed E-state index contributed by atoms with van der Waals surface area (Å²) in [5.74, 6) is 0. The minimum Gasteiger partial charge on any atom is -0.379 e. The fraction of sp³-hybridized carbons (Fsp3) is 1.00. The third kappa shape index (κ3) is 6.95. The molecule has 0 saturated carbocycles. The molecule has 0 radical (unpaired) electrons. The number of morpholine rings is 1. The van der Waals surface area contributed by atoms with Crippen molar-refractivity contribution in [2.24, 2.45) is 0 Å². The lowest BCUT2D eigenvalue weighted by Crippen LogP contribution is -2.47. The summed E-state index contributed by atoms with van der Waals surface area (Å²) in [5, 5.41) is 6.40. The van der Waals surface area contributed by atoms with Crippen molar-refractivity contribution in [1.29, 1.82) is 0 Å². The van der Waals surface area contributed by atoms with Gasteiger partial charge < -0.3 is 20.1 Å². The Bertz CT molecular complexity index is 181. The van der Waals surface area contributed by atoms with Crippen molar-refractivity contribution in [1.82, 2.24) is 15.5 Å². The number of ether oxygens (including phenoxy) is 2. The van der Waals surface area contributed by atoms with Crippen LogP contribution in [0.15, 0.2) is 0 Å². The molecule has 1 unspecified atom stereocenters. The van der Waals surface area contributed by atoms with Crippen LogP contribution in [0.2, 0.25) is 0 Å². The predicted molar refractivity (Wildman–Crippen MR) is 69.5 cm³/mol. The average molecular weight is 245 g/mol. The van der Waals surface area contributed by atoms with E-state index in [0.717, 1.165) is 59.1 Å². The van der Waals surface area contributed by atoms with Crippen LogP contribution in [0.4, 0.5) is 0 Å². The van der Waals surface area contributed by atoms with Crippen molar-refractivity contribution < 1.29 is 9.47 Å². The number of hydrogen-bond acceptors (Lipinski definition) is 5. The lowest BCUT2D eigenvalue weighted by atomic mass is 10.2. The Balaban J connectivity index is 2.03. The van der Waals surface area contributed by atoms with Gasteiger partial charge in [0.15, 0.2) is 0 Å². The zero-order valence-electron chi connectivity index (χ0n) is 11.2. The molecule has 0 spiro atoms. The Labute approximate surface area is 105 Å². The third-order valence-corrected chi connectivity index (χ3v) is 2.89. The lowest BCUT2D eigenvalue weighted by molar-refractivity contribution is -0.0344. The second-order valence-electron chi connectivity index (χ2n) is 4.32. The monoisotopic (exact) mass is 245 g/mol. The molecule has 1 rings (SSSR count). The highest BCUT2D eigenvalue weighted by atomic mass is 16.5. The van der Waals surface area contributed by atoms with E-state index in [9.17, 15) is 0 Å². The van der Waals surface area contributed by atoms with E-state index in [2.05, 4.69) is 22.5 Å². The van der Waals surface area contributed by atoms with Gasteiger partial charge in [-0.1, -0.05) is 6.92 Å². The quantitative estimate of drug-likeness (QED) is 0.538. The average Bonchev–Trinajstić information content (AvgIpc) is 2.37. The molecule has 0 aliphatic carbocycles. The first-order chi connectivity index (χ1) is 8.36. The molecule has 1 fully saturated rings. The van der Waals surface area contributed by atoms with E-state index in [1.54, 1.807) is 0 Å². The molecule has 0 aromatic carbocycles. The zero-order chi connectivity index (χ0) is 12.3. The minimum absolute atomic E-state index is 0.334. The van der Waals surface area contributed by atoms with Gasteiger partial charge in [-0.2, -0.15) is 0 Å². The molecule has 1 saturated heterocycles. The maximum Gasteiger partial charge on any atom is 0.0826 e. The number of likely N-dealkylation sites (N-methyl/N-ethyl adjacent to an activating group) is 2. The smallest absolute Gasteiger partial charge is 0.0826 e. The number of nitrogens with one attached hydrogen (secondary N) is 2.